The number of aliphatic imine (C=N–C) groups is 1. The average Bonchev–Trinajstić information content (AvgIpc) is 3.28. The standard InChI is InChI=1S/C19H32N4O2S.HI/c1-15-5-6-17(25-15)16(23-8-10-24-11-9-23)13-21-18(20-3)22-14-19(2)7-4-12-26-19;/h5-6,16H,4,7-14H2,1-3H3,(H2,20,21,22);1H. The van der Waals surface area contributed by atoms with Crippen LogP contribution in [0.15, 0.2) is 21.5 Å². The summed E-state index contributed by atoms with van der Waals surface area (Å²) in [6.07, 6.45) is 2.58. The Morgan fingerprint density at radius 3 is 2.70 bits per heavy atom. The molecule has 154 valence electrons. The zero-order chi connectivity index (χ0) is 18.4. The Morgan fingerprint density at radius 2 is 2.11 bits per heavy atom. The van der Waals surface area contributed by atoms with E-state index in [1.54, 1.807) is 0 Å². The second kappa shape index (κ2) is 10.9. The largest absolute Gasteiger partial charge is 0.465 e. The predicted octanol–water partition coefficient (Wildman–Crippen LogP) is 3.03. The molecule has 2 saturated heterocycles. The number of nitrogens with one attached hydrogen (secondary N) is 2. The van der Waals surface area contributed by atoms with Gasteiger partial charge in [0.2, 0.25) is 0 Å². The van der Waals surface area contributed by atoms with Gasteiger partial charge in [0.15, 0.2) is 5.96 Å². The molecular formula is C19H33IN4O2S. The molecule has 3 rings (SSSR count). The fraction of sp³-hybridized carbons (Fsp3) is 0.737. The number of nitrogens with zero attached hydrogens (tertiary/aromatic N) is 2. The molecule has 2 N–H and O–H groups in total. The van der Waals surface area contributed by atoms with E-state index in [1.807, 2.05) is 20.0 Å². The van der Waals surface area contributed by atoms with Gasteiger partial charge >= 0.3 is 0 Å². The molecule has 0 spiro atoms. The first-order valence-electron chi connectivity index (χ1n) is 9.56. The lowest BCUT2D eigenvalue weighted by atomic mass is 10.1. The third kappa shape index (κ3) is 6.54. The number of aryl methyl sites for hydroxylation is 1. The minimum Gasteiger partial charge on any atom is -0.465 e. The summed E-state index contributed by atoms with van der Waals surface area (Å²) in [7, 11) is 1.83. The first-order valence-corrected chi connectivity index (χ1v) is 10.5. The van der Waals surface area contributed by atoms with Crippen LogP contribution in [0.2, 0.25) is 0 Å². The van der Waals surface area contributed by atoms with Gasteiger partial charge in [0.25, 0.3) is 0 Å². The lowest BCUT2D eigenvalue weighted by Gasteiger charge is -2.34. The van der Waals surface area contributed by atoms with Gasteiger partial charge in [0, 0.05) is 38.0 Å². The zero-order valence-corrected chi connectivity index (χ0v) is 19.8. The topological polar surface area (TPSA) is 62.0 Å². The second-order valence-corrected chi connectivity index (χ2v) is 9.00. The Balaban J connectivity index is 0.00000261. The quantitative estimate of drug-likeness (QED) is 0.350. The van der Waals surface area contributed by atoms with E-state index >= 15 is 0 Å². The molecule has 0 radical (unpaired) electrons. The maximum absolute atomic E-state index is 5.94. The fourth-order valence-electron chi connectivity index (χ4n) is 3.59. The Morgan fingerprint density at radius 1 is 1.33 bits per heavy atom. The normalized spacial score (nSPS) is 25.1. The monoisotopic (exact) mass is 508 g/mol. The molecule has 0 aromatic carbocycles. The molecule has 27 heavy (non-hydrogen) atoms. The predicted molar refractivity (Wildman–Crippen MR) is 123 cm³/mol. The molecule has 3 heterocycles. The third-order valence-electron chi connectivity index (χ3n) is 5.19. The van der Waals surface area contributed by atoms with Crippen molar-refractivity contribution in [2.75, 3.05) is 52.2 Å². The van der Waals surface area contributed by atoms with E-state index in [-0.39, 0.29) is 30.0 Å². The highest BCUT2D eigenvalue weighted by Crippen LogP contribution is 2.36. The summed E-state index contributed by atoms with van der Waals surface area (Å²) in [5, 5.41) is 7.01. The van der Waals surface area contributed by atoms with Crippen molar-refractivity contribution < 1.29 is 9.15 Å². The average molecular weight is 508 g/mol. The van der Waals surface area contributed by atoms with Gasteiger partial charge in [0.1, 0.15) is 11.5 Å². The molecule has 0 saturated carbocycles. The maximum atomic E-state index is 5.94. The van der Waals surface area contributed by atoms with Crippen molar-refractivity contribution in [3.63, 3.8) is 0 Å². The summed E-state index contributed by atoms with van der Waals surface area (Å²) in [4.78, 5) is 6.83. The van der Waals surface area contributed by atoms with E-state index in [0.717, 1.165) is 56.9 Å². The van der Waals surface area contributed by atoms with Gasteiger partial charge in [-0.25, -0.2) is 0 Å². The van der Waals surface area contributed by atoms with Gasteiger partial charge in [-0.2, -0.15) is 11.8 Å². The summed E-state index contributed by atoms with van der Waals surface area (Å²) in [5.41, 5.74) is 0. The van der Waals surface area contributed by atoms with Gasteiger partial charge in [-0.15, -0.1) is 24.0 Å². The number of thioether (sulfide) groups is 1. The summed E-state index contributed by atoms with van der Waals surface area (Å²) in [5.74, 6) is 4.08. The molecule has 2 fully saturated rings. The molecule has 2 aliphatic rings. The minimum atomic E-state index is 0. The molecular weight excluding hydrogens is 475 g/mol. The number of rotatable bonds is 6. The second-order valence-electron chi connectivity index (χ2n) is 7.32. The van der Waals surface area contributed by atoms with Crippen LogP contribution in [-0.2, 0) is 4.74 Å². The summed E-state index contributed by atoms with van der Waals surface area (Å²) in [6.45, 7) is 9.44. The fourth-order valence-corrected chi connectivity index (χ4v) is 4.84. The zero-order valence-electron chi connectivity index (χ0n) is 16.6. The van der Waals surface area contributed by atoms with E-state index < -0.39 is 0 Å². The number of hydrogen-bond donors (Lipinski definition) is 2. The summed E-state index contributed by atoms with van der Waals surface area (Å²) < 4.78 is 11.8. The Kier molecular flexibility index (Phi) is 9.24. The van der Waals surface area contributed by atoms with Gasteiger partial charge in [-0.1, -0.05) is 0 Å². The van der Waals surface area contributed by atoms with Crippen molar-refractivity contribution in [3.05, 3.63) is 23.7 Å². The van der Waals surface area contributed by atoms with Gasteiger partial charge in [0.05, 0.1) is 19.3 Å². The summed E-state index contributed by atoms with van der Waals surface area (Å²) >= 11 is 2.06. The van der Waals surface area contributed by atoms with Crippen LogP contribution in [0.4, 0.5) is 0 Å². The van der Waals surface area contributed by atoms with Crippen LogP contribution in [0.3, 0.4) is 0 Å². The van der Waals surface area contributed by atoms with Gasteiger partial charge in [-0.05, 0) is 44.6 Å². The van der Waals surface area contributed by atoms with Crippen molar-refractivity contribution in [2.45, 2.75) is 37.5 Å². The molecule has 6 nitrogen and oxygen atoms in total. The van der Waals surface area contributed by atoms with Crippen LogP contribution in [0.1, 0.15) is 37.3 Å². The first kappa shape index (κ1) is 22.8. The van der Waals surface area contributed by atoms with E-state index in [4.69, 9.17) is 9.15 Å². The Bertz CT molecular complexity index is 598. The SMILES string of the molecule is CN=C(NCC(c1ccc(C)o1)N1CCOCC1)NCC1(C)CCCS1.I. The Labute approximate surface area is 184 Å². The van der Waals surface area contributed by atoms with Crippen molar-refractivity contribution in [1.29, 1.82) is 0 Å². The van der Waals surface area contributed by atoms with Crippen molar-refractivity contribution in [1.82, 2.24) is 15.5 Å². The van der Waals surface area contributed by atoms with Crippen LogP contribution in [0.5, 0.6) is 0 Å². The lowest BCUT2D eigenvalue weighted by Crippen LogP contribution is -2.48. The number of hydrogen-bond acceptors (Lipinski definition) is 5. The molecule has 0 aliphatic carbocycles. The van der Waals surface area contributed by atoms with Crippen LogP contribution >= 0.6 is 35.7 Å². The van der Waals surface area contributed by atoms with Gasteiger partial charge < -0.3 is 19.8 Å². The van der Waals surface area contributed by atoms with Crippen molar-refractivity contribution in [2.24, 2.45) is 4.99 Å². The van der Waals surface area contributed by atoms with Crippen LogP contribution in [-0.4, -0.2) is 67.8 Å². The van der Waals surface area contributed by atoms with E-state index in [0.29, 0.717) is 4.75 Å². The molecule has 1 aromatic heterocycles. The van der Waals surface area contributed by atoms with Crippen LogP contribution in [0.25, 0.3) is 0 Å². The molecule has 8 heteroatoms. The first-order chi connectivity index (χ1) is 12.6. The minimum absolute atomic E-state index is 0. The number of furan rings is 1. The van der Waals surface area contributed by atoms with E-state index in [1.165, 1.54) is 18.6 Å². The highest BCUT2D eigenvalue weighted by molar-refractivity contribution is 14.0. The number of morpholine rings is 1. The molecule has 2 atom stereocenters. The van der Waals surface area contributed by atoms with Gasteiger partial charge in [-0.3, -0.25) is 9.89 Å². The molecule has 0 bridgehead atoms. The molecule has 2 unspecified atom stereocenters. The highest BCUT2D eigenvalue weighted by Gasteiger charge is 2.30. The van der Waals surface area contributed by atoms with Crippen LogP contribution in [0, 0.1) is 6.92 Å². The van der Waals surface area contributed by atoms with Crippen LogP contribution < -0.4 is 10.6 Å². The van der Waals surface area contributed by atoms with E-state index in [2.05, 4.69) is 45.3 Å². The molecule has 0 amide bonds. The summed E-state index contributed by atoms with van der Waals surface area (Å²) in [6, 6.07) is 4.31. The number of halogens is 1. The number of guanidine groups is 1. The molecule has 1 aromatic rings. The smallest absolute Gasteiger partial charge is 0.191 e. The van der Waals surface area contributed by atoms with Crippen molar-refractivity contribution >= 4 is 41.7 Å². The lowest BCUT2D eigenvalue weighted by molar-refractivity contribution is 0.0124. The van der Waals surface area contributed by atoms with Crippen molar-refractivity contribution in [3.8, 4) is 0 Å². The Hall–Kier alpha value is -0.450. The maximum Gasteiger partial charge on any atom is 0.191 e. The number of ether oxygens (including phenoxy) is 1. The van der Waals surface area contributed by atoms with E-state index in [9.17, 15) is 0 Å². The molecule has 2 aliphatic heterocycles. The highest BCUT2D eigenvalue weighted by atomic mass is 127. The third-order valence-corrected chi connectivity index (χ3v) is 6.73.